The molecule has 0 bridgehead atoms. The molecule has 0 atom stereocenters. The van der Waals surface area contributed by atoms with Gasteiger partial charge in [0.2, 0.25) is 15.8 Å². The van der Waals surface area contributed by atoms with E-state index in [0.717, 1.165) is 9.75 Å². The van der Waals surface area contributed by atoms with Crippen LogP contribution in [0.5, 0.6) is 17.2 Å². The van der Waals surface area contributed by atoms with E-state index in [9.17, 15) is 13.2 Å². The molecule has 30 heavy (non-hydrogen) atoms. The highest BCUT2D eigenvalue weighted by atomic mass is 32.2. The van der Waals surface area contributed by atoms with Gasteiger partial charge < -0.3 is 19.1 Å². The largest absolute Gasteiger partial charge is 0.493 e. The molecule has 0 N–H and O–H groups in total. The zero-order chi connectivity index (χ0) is 22.1. The zero-order valence-electron chi connectivity index (χ0n) is 17.7. The van der Waals surface area contributed by atoms with E-state index in [0.29, 0.717) is 40.8 Å². The lowest BCUT2D eigenvalue weighted by Gasteiger charge is -2.34. The number of hydrogen-bond donors (Lipinski definition) is 0. The maximum atomic E-state index is 13.0. The van der Waals surface area contributed by atoms with Crippen molar-refractivity contribution in [2.24, 2.45) is 0 Å². The standard InChI is InChI=1S/C20H26N2O6S2/c1-13-10-18(14(2)29-13)30(24,25)22-8-6-21(7-9-22)20(23)15-11-16(26-3)19(28-5)17(12-15)27-4/h10-12H,6-9H2,1-5H3. The van der Waals surface area contributed by atoms with E-state index >= 15 is 0 Å². The Labute approximate surface area is 181 Å². The van der Waals surface area contributed by atoms with Crippen LogP contribution >= 0.6 is 11.3 Å². The Morgan fingerprint density at radius 2 is 1.50 bits per heavy atom. The number of nitrogens with zero attached hydrogens (tertiary/aromatic N) is 2. The minimum Gasteiger partial charge on any atom is -0.493 e. The van der Waals surface area contributed by atoms with Crippen LogP contribution in [0, 0.1) is 13.8 Å². The molecule has 0 unspecified atom stereocenters. The van der Waals surface area contributed by atoms with E-state index in [-0.39, 0.29) is 19.0 Å². The number of sulfonamides is 1. The number of amides is 1. The number of aryl methyl sites for hydroxylation is 2. The van der Waals surface area contributed by atoms with Gasteiger partial charge in [-0.25, -0.2) is 8.42 Å². The summed E-state index contributed by atoms with van der Waals surface area (Å²) in [4.78, 5) is 16.8. The van der Waals surface area contributed by atoms with Crippen LogP contribution in [0.2, 0.25) is 0 Å². The Balaban J connectivity index is 1.77. The number of thiophene rings is 1. The lowest BCUT2D eigenvalue weighted by Crippen LogP contribution is -2.50. The SMILES string of the molecule is COc1cc(C(=O)N2CCN(S(=O)(=O)c3cc(C)sc3C)CC2)cc(OC)c1OC. The van der Waals surface area contributed by atoms with Crippen LogP contribution < -0.4 is 14.2 Å². The smallest absolute Gasteiger partial charge is 0.254 e. The molecule has 1 aliphatic rings. The Bertz CT molecular complexity index is 1010. The van der Waals surface area contributed by atoms with Crippen LogP contribution in [0.1, 0.15) is 20.1 Å². The molecule has 0 spiro atoms. The Morgan fingerprint density at radius 1 is 0.933 bits per heavy atom. The molecule has 2 aromatic rings. The third-order valence-electron chi connectivity index (χ3n) is 5.05. The molecule has 1 aromatic heterocycles. The summed E-state index contributed by atoms with van der Waals surface area (Å²) in [7, 11) is 0.910. The van der Waals surface area contributed by atoms with Gasteiger partial charge in [-0.1, -0.05) is 0 Å². The van der Waals surface area contributed by atoms with Crippen molar-refractivity contribution in [3.63, 3.8) is 0 Å². The van der Waals surface area contributed by atoms with Gasteiger partial charge in [0.25, 0.3) is 5.91 Å². The van der Waals surface area contributed by atoms with E-state index in [4.69, 9.17) is 14.2 Å². The molecule has 0 aliphatic carbocycles. The average molecular weight is 455 g/mol. The van der Waals surface area contributed by atoms with Gasteiger partial charge in [0, 0.05) is 41.5 Å². The van der Waals surface area contributed by atoms with Crippen molar-refractivity contribution in [3.05, 3.63) is 33.5 Å². The monoisotopic (exact) mass is 454 g/mol. The maximum Gasteiger partial charge on any atom is 0.254 e. The number of carbonyl (C=O) groups is 1. The van der Waals surface area contributed by atoms with Gasteiger partial charge in [-0.15, -0.1) is 11.3 Å². The average Bonchev–Trinajstić information content (AvgIpc) is 3.10. The quantitative estimate of drug-likeness (QED) is 0.667. The Kier molecular flexibility index (Phi) is 6.59. The summed E-state index contributed by atoms with van der Waals surface area (Å²) in [5.41, 5.74) is 0.394. The predicted molar refractivity (Wildman–Crippen MR) is 115 cm³/mol. The van der Waals surface area contributed by atoms with Gasteiger partial charge in [-0.3, -0.25) is 4.79 Å². The van der Waals surface area contributed by atoms with Crippen molar-refractivity contribution >= 4 is 27.3 Å². The first-order chi connectivity index (χ1) is 14.2. The predicted octanol–water partition coefficient (Wildman–Crippen LogP) is 2.54. The number of methoxy groups -OCH3 is 3. The van der Waals surface area contributed by atoms with Gasteiger partial charge >= 0.3 is 0 Å². The van der Waals surface area contributed by atoms with Crippen molar-refractivity contribution in [2.75, 3.05) is 47.5 Å². The normalized spacial score (nSPS) is 15.2. The maximum absolute atomic E-state index is 13.0. The second-order valence-corrected chi connectivity index (χ2v) is 10.3. The van der Waals surface area contributed by atoms with Crippen LogP contribution in [-0.4, -0.2) is 71.0 Å². The molecular formula is C20H26N2O6S2. The zero-order valence-corrected chi connectivity index (χ0v) is 19.4. The lowest BCUT2D eigenvalue weighted by atomic mass is 10.1. The van der Waals surface area contributed by atoms with Crippen LogP contribution in [0.4, 0.5) is 0 Å². The van der Waals surface area contributed by atoms with E-state index < -0.39 is 10.0 Å². The Hall–Kier alpha value is -2.30. The van der Waals surface area contributed by atoms with E-state index in [1.165, 1.54) is 37.0 Å². The molecule has 3 rings (SSSR count). The van der Waals surface area contributed by atoms with Crippen molar-refractivity contribution in [1.29, 1.82) is 0 Å². The first-order valence-electron chi connectivity index (χ1n) is 9.39. The molecule has 1 fully saturated rings. The molecular weight excluding hydrogens is 428 g/mol. The molecule has 0 radical (unpaired) electrons. The topological polar surface area (TPSA) is 85.4 Å². The summed E-state index contributed by atoms with van der Waals surface area (Å²) in [5.74, 6) is 0.984. The fourth-order valence-corrected chi connectivity index (χ4v) is 6.47. The van der Waals surface area contributed by atoms with Gasteiger partial charge in [0.1, 0.15) is 0 Å². The third-order valence-corrected chi connectivity index (χ3v) is 8.17. The van der Waals surface area contributed by atoms with Gasteiger partial charge in [0.15, 0.2) is 11.5 Å². The number of benzene rings is 1. The highest BCUT2D eigenvalue weighted by Crippen LogP contribution is 2.38. The fourth-order valence-electron chi connectivity index (χ4n) is 3.52. The molecule has 1 aliphatic heterocycles. The molecule has 1 amide bonds. The first-order valence-corrected chi connectivity index (χ1v) is 11.6. The number of carbonyl (C=O) groups excluding carboxylic acids is 1. The van der Waals surface area contributed by atoms with Crippen LogP contribution in [-0.2, 0) is 10.0 Å². The summed E-state index contributed by atoms with van der Waals surface area (Å²) in [5, 5.41) is 0. The molecule has 1 saturated heterocycles. The fraction of sp³-hybridized carbons (Fsp3) is 0.450. The van der Waals surface area contributed by atoms with E-state index in [2.05, 4.69) is 0 Å². The van der Waals surface area contributed by atoms with Gasteiger partial charge in [-0.05, 0) is 32.0 Å². The van der Waals surface area contributed by atoms with Crippen molar-refractivity contribution < 1.29 is 27.4 Å². The highest BCUT2D eigenvalue weighted by molar-refractivity contribution is 7.89. The van der Waals surface area contributed by atoms with E-state index in [1.54, 1.807) is 23.1 Å². The molecule has 8 nitrogen and oxygen atoms in total. The molecule has 10 heteroatoms. The van der Waals surface area contributed by atoms with Crippen LogP contribution in [0.15, 0.2) is 23.1 Å². The lowest BCUT2D eigenvalue weighted by molar-refractivity contribution is 0.0697. The van der Waals surface area contributed by atoms with Crippen molar-refractivity contribution in [3.8, 4) is 17.2 Å². The van der Waals surface area contributed by atoms with Crippen molar-refractivity contribution in [2.45, 2.75) is 18.7 Å². The molecule has 1 aromatic carbocycles. The number of ether oxygens (including phenoxy) is 3. The van der Waals surface area contributed by atoms with Crippen LogP contribution in [0.25, 0.3) is 0 Å². The minimum atomic E-state index is -3.57. The molecule has 0 saturated carbocycles. The van der Waals surface area contributed by atoms with Crippen LogP contribution in [0.3, 0.4) is 0 Å². The third kappa shape index (κ3) is 4.12. The number of piperazine rings is 1. The van der Waals surface area contributed by atoms with Gasteiger partial charge in [-0.2, -0.15) is 4.31 Å². The minimum absolute atomic E-state index is 0.214. The summed E-state index contributed by atoms with van der Waals surface area (Å²) in [6.07, 6.45) is 0. The highest BCUT2D eigenvalue weighted by Gasteiger charge is 2.32. The number of hydrogen-bond acceptors (Lipinski definition) is 7. The van der Waals surface area contributed by atoms with Gasteiger partial charge in [0.05, 0.1) is 26.2 Å². The second kappa shape index (κ2) is 8.83. The first kappa shape index (κ1) is 22.4. The van der Waals surface area contributed by atoms with E-state index in [1.807, 2.05) is 13.8 Å². The Morgan fingerprint density at radius 3 is 1.93 bits per heavy atom. The second-order valence-electron chi connectivity index (χ2n) is 6.89. The summed E-state index contributed by atoms with van der Waals surface area (Å²) >= 11 is 1.47. The summed E-state index contributed by atoms with van der Waals surface area (Å²) in [6.45, 7) is 4.80. The number of rotatable bonds is 6. The molecule has 164 valence electrons. The van der Waals surface area contributed by atoms with Crippen molar-refractivity contribution in [1.82, 2.24) is 9.21 Å². The summed E-state index contributed by atoms with van der Waals surface area (Å²) in [6, 6.07) is 4.91. The molecule has 2 heterocycles. The summed E-state index contributed by atoms with van der Waals surface area (Å²) < 4.78 is 43.4.